The van der Waals surface area contributed by atoms with Crippen molar-refractivity contribution in [2.75, 3.05) is 11.5 Å². The molecule has 6 heteroatoms. The molecule has 25 heavy (non-hydrogen) atoms. The lowest BCUT2D eigenvalue weighted by molar-refractivity contribution is -0.139. The van der Waals surface area contributed by atoms with Gasteiger partial charge in [-0.1, -0.05) is 42.5 Å². The molecule has 3 rings (SSSR count). The van der Waals surface area contributed by atoms with Crippen molar-refractivity contribution >= 4 is 35.4 Å². The van der Waals surface area contributed by atoms with E-state index in [1.165, 1.54) is 5.56 Å². The predicted octanol–water partition coefficient (Wildman–Crippen LogP) is 3.59. The molecule has 0 saturated carbocycles. The molecule has 2 N–H and O–H groups in total. The monoisotopic (exact) mass is 373 g/mol. The topological polar surface area (TPSA) is 66.4 Å². The van der Waals surface area contributed by atoms with Crippen LogP contribution in [0.4, 0.5) is 0 Å². The Morgan fingerprint density at radius 2 is 1.68 bits per heavy atom. The Morgan fingerprint density at radius 1 is 1.04 bits per heavy atom. The number of aliphatic carboxylic acids is 1. The molecule has 1 aliphatic rings. The Morgan fingerprint density at radius 3 is 2.28 bits per heavy atom. The van der Waals surface area contributed by atoms with Gasteiger partial charge >= 0.3 is 5.97 Å². The molecule has 1 amide bonds. The molecule has 1 aliphatic heterocycles. The highest BCUT2D eigenvalue weighted by molar-refractivity contribution is 8.19. The van der Waals surface area contributed by atoms with Crippen LogP contribution in [0.3, 0.4) is 0 Å². The van der Waals surface area contributed by atoms with Crippen molar-refractivity contribution in [3.05, 3.63) is 71.3 Å². The summed E-state index contributed by atoms with van der Waals surface area (Å²) in [5, 5.41) is 12.0. The van der Waals surface area contributed by atoms with Gasteiger partial charge in [-0.2, -0.15) is 0 Å². The number of carboxylic acid groups (broad SMARTS) is 1. The van der Waals surface area contributed by atoms with E-state index in [0.717, 1.165) is 17.1 Å². The van der Waals surface area contributed by atoms with Crippen molar-refractivity contribution in [3.63, 3.8) is 0 Å². The Bertz CT molecular complexity index is 728. The summed E-state index contributed by atoms with van der Waals surface area (Å²) in [5.41, 5.74) is 2.56. The minimum atomic E-state index is -1.03. The van der Waals surface area contributed by atoms with Gasteiger partial charge in [0.1, 0.15) is 6.04 Å². The Labute approximate surface area is 155 Å². The summed E-state index contributed by atoms with van der Waals surface area (Å²) in [7, 11) is 0. The normalized spacial score (nSPS) is 15.7. The second-order valence-electron chi connectivity index (χ2n) is 5.75. The molecule has 0 radical (unpaired) electrons. The first kappa shape index (κ1) is 17.9. The van der Waals surface area contributed by atoms with E-state index >= 15 is 0 Å². The van der Waals surface area contributed by atoms with E-state index in [-0.39, 0.29) is 12.3 Å². The zero-order valence-corrected chi connectivity index (χ0v) is 15.2. The summed E-state index contributed by atoms with van der Waals surface area (Å²) in [6.07, 6.45) is 0.259. The summed E-state index contributed by atoms with van der Waals surface area (Å²) in [4.78, 5) is 23.9. The van der Waals surface area contributed by atoms with Gasteiger partial charge in [0.05, 0.1) is 4.58 Å². The molecule has 0 spiro atoms. The van der Waals surface area contributed by atoms with E-state index in [1.807, 2.05) is 66.0 Å². The van der Waals surface area contributed by atoms with Crippen molar-refractivity contribution < 1.29 is 14.7 Å². The van der Waals surface area contributed by atoms with E-state index in [2.05, 4.69) is 5.32 Å². The maximum absolute atomic E-state index is 12.4. The third-order valence-electron chi connectivity index (χ3n) is 3.95. The molecule has 0 aromatic heterocycles. The van der Waals surface area contributed by atoms with Crippen molar-refractivity contribution in [1.29, 1.82) is 0 Å². The number of thioether (sulfide) groups is 2. The molecule has 1 atom stereocenters. The molecule has 1 fully saturated rings. The molecule has 4 nitrogen and oxygen atoms in total. The highest BCUT2D eigenvalue weighted by Crippen LogP contribution is 2.45. The fourth-order valence-electron chi connectivity index (χ4n) is 2.63. The van der Waals surface area contributed by atoms with Crippen molar-refractivity contribution in [3.8, 4) is 0 Å². The number of benzene rings is 2. The highest BCUT2D eigenvalue weighted by Gasteiger charge is 2.22. The van der Waals surface area contributed by atoms with Gasteiger partial charge in [-0.05, 0) is 23.3 Å². The van der Waals surface area contributed by atoms with Crippen molar-refractivity contribution in [2.45, 2.75) is 17.0 Å². The van der Waals surface area contributed by atoms with Gasteiger partial charge in [-0.25, -0.2) is 4.79 Å². The number of carbonyl (C=O) groups excluding carboxylic acids is 1. The SMILES string of the molecule is O=C(N[C@H](Cc1ccccc1)C(=O)O)c1ccc(C2SCCS2)cc1. The second-order valence-corrected chi connectivity index (χ2v) is 8.47. The van der Waals surface area contributed by atoms with Crippen LogP contribution < -0.4 is 5.32 Å². The zero-order chi connectivity index (χ0) is 17.6. The minimum absolute atomic E-state index is 0.259. The Balaban J connectivity index is 1.65. The summed E-state index contributed by atoms with van der Waals surface area (Å²) < 4.78 is 0.432. The van der Waals surface area contributed by atoms with E-state index in [9.17, 15) is 14.7 Å². The predicted molar refractivity (Wildman–Crippen MR) is 103 cm³/mol. The molecule has 1 heterocycles. The van der Waals surface area contributed by atoms with Gasteiger partial charge in [0.15, 0.2) is 0 Å². The van der Waals surface area contributed by atoms with Crippen LogP contribution in [0, 0.1) is 0 Å². The van der Waals surface area contributed by atoms with E-state index in [1.54, 1.807) is 12.1 Å². The molecular weight excluding hydrogens is 354 g/mol. The first-order valence-electron chi connectivity index (χ1n) is 8.04. The van der Waals surface area contributed by atoms with Crippen LogP contribution in [-0.2, 0) is 11.2 Å². The number of carboxylic acids is 1. The van der Waals surface area contributed by atoms with Crippen LogP contribution >= 0.6 is 23.5 Å². The average molecular weight is 373 g/mol. The largest absolute Gasteiger partial charge is 0.480 e. The van der Waals surface area contributed by atoms with Crippen molar-refractivity contribution in [1.82, 2.24) is 5.32 Å². The fraction of sp³-hybridized carbons (Fsp3) is 0.263. The third kappa shape index (κ3) is 4.80. The smallest absolute Gasteiger partial charge is 0.326 e. The van der Waals surface area contributed by atoms with Crippen LogP contribution in [0.2, 0.25) is 0 Å². The van der Waals surface area contributed by atoms with Gasteiger partial charge in [-0.3, -0.25) is 4.79 Å². The van der Waals surface area contributed by atoms with Crippen LogP contribution in [0.1, 0.15) is 26.1 Å². The second kappa shape index (κ2) is 8.45. The number of rotatable bonds is 6. The quantitative estimate of drug-likeness (QED) is 0.810. The number of amides is 1. The summed E-state index contributed by atoms with van der Waals surface area (Å²) >= 11 is 3.82. The fourth-order valence-corrected chi connectivity index (χ4v) is 5.49. The maximum Gasteiger partial charge on any atom is 0.326 e. The van der Waals surface area contributed by atoms with Gasteiger partial charge < -0.3 is 10.4 Å². The molecule has 2 aromatic rings. The van der Waals surface area contributed by atoms with E-state index in [0.29, 0.717) is 10.1 Å². The molecule has 130 valence electrons. The molecular formula is C19H19NO3S2. The standard InChI is InChI=1S/C19H19NO3S2/c21-17(14-6-8-15(9-7-14)19-24-10-11-25-19)20-16(18(22)23)12-13-4-2-1-3-5-13/h1-9,16,19H,10-12H2,(H,20,21)(H,22,23)/t16-/m1/s1. The number of carbonyl (C=O) groups is 2. The summed E-state index contributed by atoms with van der Waals surface area (Å²) in [6, 6.07) is 15.8. The third-order valence-corrected chi connectivity index (χ3v) is 7.06. The first-order valence-corrected chi connectivity index (χ1v) is 10.1. The van der Waals surface area contributed by atoms with Gasteiger partial charge in [0.2, 0.25) is 0 Å². The van der Waals surface area contributed by atoms with E-state index < -0.39 is 12.0 Å². The average Bonchev–Trinajstić information content (AvgIpc) is 3.16. The van der Waals surface area contributed by atoms with Crippen molar-refractivity contribution in [2.24, 2.45) is 0 Å². The van der Waals surface area contributed by atoms with Crippen LogP contribution in [0.25, 0.3) is 0 Å². The minimum Gasteiger partial charge on any atom is -0.480 e. The Kier molecular flexibility index (Phi) is 6.04. The lowest BCUT2D eigenvalue weighted by Gasteiger charge is -2.15. The van der Waals surface area contributed by atoms with Gasteiger partial charge in [0, 0.05) is 23.5 Å². The first-order chi connectivity index (χ1) is 12.1. The molecule has 0 unspecified atom stereocenters. The number of nitrogens with one attached hydrogen (secondary N) is 1. The molecule has 0 aliphatic carbocycles. The maximum atomic E-state index is 12.4. The van der Waals surface area contributed by atoms with E-state index in [4.69, 9.17) is 0 Å². The zero-order valence-electron chi connectivity index (χ0n) is 13.6. The number of hydrogen-bond donors (Lipinski definition) is 2. The Hall–Kier alpha value is -1.92. The van der Waals surface area contributed by atoms with Crippen LogP contribution in [0.15, 0.2) is 54.6 Å². The molecule has 1 saturated heterocycles. The molecule has 0 bridgehead atoms. The summed E-state index contributed by atoms with van der Waals surface area (Å²) in [5.74, 6) is 0.906. The van der Waals surface area contributed by atoms with Gasteiger partial charge in [0.25, 0.3) is 5.91 Å². The van der Waals surface area contributed by atoms with Crippen LogP contribution in [-0.4, -0.2) is 34.5 Å². The lowest BCUT2D eigenvalue weighted by atomic mass is 10.1. The van der Waals surface area contributed by atoms with Gasteiger partial charge in [-0.15, -0.1) is 23.5 Å². The molecule has 2 aromatic carbocycles. The summed E-state index contributed by atoms with van der Waals surface area (Å²) in [6.45, 7) is 0. The number of hydrogen-bond acceptors (Lipinski definition) is 4. The van der Waals surface area contributed by atoms with Crippen LogP contribution in [0.5, 0.6) is 0 Å². The highest BCUT2D eigenvalue weighted by atomic mass is 32.2. The lowest BCUT2D eigenvalue weighted by Crippen LogP contribution is -2.42.